The minimum Gasteiger partial charge on any atom is -0.462 e. The molecule has 0 fully saturated rings. The highest BCUT2D eigenvalue weighted by molar-refractivity contribution is 5.71. The first-order valence-electron chi connectivity index (χ1n) is 29.7. The van der Waals surface area contributed by atoms with Crippen LogP contribution >= 0.6 is 0 Å². The number of esters is 3. The van der Waals surface area contributed by atoms with Gasteiger partial charge in [-0.15, -0.1) is 0 Å². The Kier molecular flexibility index (Phi) is 55.9. The van der Waals surface area contributed by atoms with Crippen LogP contribution < -0.4 is 0 Å². The van der Waals surface area contributed by atoms with Crippen molar-refractivity contribution in [3.63, 3.8) is 0 Å². The maximum Gasteiger partial charge on any atom is 0.306 e. The SMILES string of the molecule is CCCCC/C=C\C/C=C\C/C=C\C/C=C\CCCCCC(=O)OC[C@@H](COC(=O)CCCCCCCCCCCCCCCCCCC)OC(=O)CCC/C=C\C/C=C\C/C=C\C/C=C\CCCCC. The standard InChI is InChI=1S/C65H110O6/c1-4-7-10-13-16-19-22-25-28-31-32-35-37-40-43-46-49-52-55-58-64(67)70-61-62(71-65(68)59-56-53-50-47-44-41-38-34-30-27-24-21-18-15-12-9-6-3)60-69-63(66)57-54-51-48-45-42-39-36-33-29-26-23-20-17-14-11-8-5-2/h16,18-19,21,25,27-28,30,32,35,38,40-41,43,47,50,62H,4-15,17,20,22-24,26,29,31,33-34,36-37,39,42,44-46,48-49,51-61H2,1-3H3/b19-16-,21-18-,28-25-,30-27-,35-32-,41-38-,43-40-,50-47-/t62-/m1/s1. The van der Waals surface area contributed by atoms with E-state index in [4.69, 9.17) is 14.2 Å². The molecule has 0 amide bonds. The van der Waals surface area contributed by atoms with Crippen molar-refractivity contribution >= 4 is 17.9 Å². The number of rotatable bonds is 53. The second kappa shape index (κ2) is 58.9. The monoisotopic (exact) mass is 987 g/mol. The predicted molar refractivity (Wildman–Crippen MR) is 307 cm³/mol. The Morgan fingerprint density at radius 1 is 0.282 bits per heavy atom. The van der Waals surface area contributed by atoms with Crippen LogP contribution in [-0.4, -0.2) is 37.2 Å². The minimum absolute atomic E-state index is 0.108. The van der Waals surface area contributed by atoms with E-state index in [9.17, 15) is 14.4 Å². The number of carbonyl (C=O) groups is 3. The van der Waals surface area contributed by atoms with E-state index < -0.39 is 6.10 Å². The van der Waals surface area contributed by atoms with Crippen molar-refractivity contribution in [3.05, 3.63) is 97.2 Å². The van der Waals surface area contributed by atoms with E-state index in [0.29, 0.717) is 19.3 Å². The third kappa shape index (κ3) is 57.1. The van der Waals surface area contributed by atoms with Crippen LogP contribution in [-0.2, 0) is 28.6 Å². The van der Waals surface area contributed by atoms with Crippen LogP contribution in [0.4, 0.5) is 0 Å². The number of carbonyl (C=O) groups excluding carboxylic acids is 3. The third-order valence-electron chi connectivity index (χ3n) is 12.6. The van der Waals surface area contributed by atoms with Gasteiger partial charge in [-0.3, -0.25) is 14.4 Å². The van der Waals surface area contributed by atoms with Gasteiger partial charge in [-0.2, -0.15) is 0 Å². The average molecular weight is 988 g/mol. The van der Waals surface area contributed by atoms with Gasteiger partial charge in [0.05, 0.1) is 0 Å². The van der Waals surface area contributed by atoms with Crippen LogP contribution in [0.15, 0.2) is 97.2 Å². The lowest BCUT2D eigenvalue weighted by Gasteiger charge is -2.18. The van der Waals surface area contributed by atoms with E-state index in [-0.39, 0.29) is 37.5 Å². The van der Waals surface area contributed by atoms with Gasteiger partial charge >= 0.3 is 17.9 Å². The predicted octanol–water partition coefficient (Wildman–Crippen LogP) is 20.1. The van der Waals surface area contributed by atoms with Gasteiger partial charge in [0.1, 0.15) is 13.2 Å². The molecule has 0 N–H and O–H groups in total. The summed E-state index contributed by atoms with van der Waals surface area (Å²) in [5, 5.41) is 0. The summed E-state index contributed by atoms with van der Waals surface area (Å²) in [6, 6.07) is 0. The summed E-state index contributed by atoms with van der Waals surface area (Å²) in [5.74, 6) is -0.991. The van der Waals surface area contributed by atoms with Gasteiger partial charge in [0, 0.05) is 19.3 Å². The Balaban J connectivity index is 4.52. The molecule has 0 aliphatic rings. The molecule has 406 valence electrons. The van der Waals surface area contributed by atoms with Crippen molar-refractivity contribution < 1.29 is 28.6 Å². The van der Waals surface area contributed by atoms with Gasteiger partial charge in [0.25, 0.3) is 0 Å². The third-order valence-corrected chi connectivity index (χ3v) is 12.6. The average Bonchev–Trinajstić information content (AvgIpc) is 3.37. The van der Waals surface area contributed by atoms with Crippen molar-refractivity contribution in [2.75, 3.05) is 13.2 Å². The molecule has 0 aromatic rings. The van der Waals surface area contributed by atoms with Crippen LogP contribution in [0, 0.1) is 0 Å². The molecule has 0 radical (unpaired) electrons. The zero-order valence-electron chi connectivity index (χ0n) is 46.5. The number of hydrogen-bond acceptors (Lipinski definition) is 6. The number of ether oxygens (including phenoxy) is 3. The summed E-state index contributed by atoms with van der Waals surface area (Å²) in [6.45, 7) is 6.53. The molecule has 0 unspecified atom stereocenters. The van der Waals surface area contributed by atoms with Gasteiger partial charge in [-0.1, -0.05) is 253 Å². The number of unbranched alkanes of at least 4 members (excludes halogenated alkanes) is 26. The maximum absolute atomic E-state index is 12.8. The Bertz CT molecular complexity index is 1410. The molecule has 71 heavy (non-hydrogen) atoms. The Morgan fingerprint density at radius 3 is 0.859 bits per heavy atom. The van der Waals surface area contributed by atoms with Crippen LogP contribution in [0.25, 0.3) is 0 Å². The Labute approximate surface area is 438 Å². The summed E-state index contributed by atoms with van der Waals surface area (Å²) in [4.78, 5) is 38.2. The smallest absolute Gasteiger partial charge is 0.306 e. The van der Waals surface area contributed by atoms with Crippen LogP contribution in [0.5, 0.6) is 0 Å². The second-order valence-electron chi connectivity index (χ2n) is 19.6. The number of allylic oxidation sites excluding steroid dienone is 16. The first-order chi connectivity index (χ1) is 35.0. The van der Waals surface area contributed by atoms with Gasteiger partial charge < -0.3 is 14.2 Å². The quantitative estimate of drug-likeness (QED) is 0.0261. The largest absolute Gasteiger partial charge is 0.462 e. The molecule has 0 aromatic carbocycles. The zero-order valence-corrected chi connectivity index (χ0v) is 46.5. The molecule has 0 aromatic heterocycles. The van der Waals surface area contributed by atoms with E-state index in [2.05, 4.69) is 118 Å². The van der Waals surface area contributed by atoms with E-state index >= 15 is 0 Å². The van der Waals surface area contributed by atoms with Crippen LogP contribution in [0.3, 0.4) is 0 Å². The molecule has 0 saturated heterocycles. The van der Waals surface area contributed by atoms with Gasteiger partial charge in [-0.25, -0.2) is 0 Å². The van der Waals surface area contributed by atoms with Crippen LogP contribution in [0.2, 0.25) is 0 Å². The fourth-order valence-electron chi connectivity index (χ4n) is 8.07. The fourth-order valence-corrected chi connectivity index (χ4v) is 8.07. The molecule has 6 nitrogen and oxygen atoms in total. The van der Waals surface area contributed by atoms with Gasteiger partial charge in [0.2, 0.25) is 0 Å². The first kappa shape index (κ1) is 67.3. The van der Waals surface area contributed by atoms with E-state index in [1.165, 1.54) is 141 Å². The van der Waals surface area contributed by atoms with E-state index in [0.717, 1.165) is 89.9 Å². The molecular weight excluding hydrogens is 877 g/mol. The number of hydrogen-bond donors (Lipinski definition) is 0. The fraction of sp³-hybridized carbons (Fsp3) is 0.708. The molecule has 0 aliphatic heterocycles. The highest BCUT2D eigenvalue weighted by Crippen LogP contribution is 2.15. The first-order valence-corrected chi connectivity index (χ1v) is 29.7. The highest BCUT2D eigenvalue weighted by atomic mass is 16.6. The maximum atomic E-state index is 12.8. The molecule has 6 heteroatoms. The van der Waals surface area contributed by atoms with Crippen molar-refractivity contribution in [2.24, 2.45) is 0 Å². The van der Waals surface area contributed by atoms with Crippen molar-refractivity contribution in [3.8, 4) is 0 Å². The molecule has 0 spiro atoms. The Morgan fingerprint density at radius 2 is 0.521 bits per heavy atom. The molecule has 1 atom stereocenters. The summed E-state index contributed by atoms with van der Waals surface area (Å²) >= 11 is 0. The highest BCUT2D eigenvalue weighted by Gasteiger charge is 2.19. The molecule has 0 aliphatic carbocycles. The lowest BCUT2D eigenvalue weighted by molar-refractivity contribution is -0.167. The summed E-state index contributed by atoms with van der Waals surface area (Å²) in [5.41, 5.74) is 0. The summed E-state index contributed by atoms with van der Waals surface area (Å²) in [6.07, 6.45) is 78.3. The minimum atomic E-state index is -0.819. The normalized spacial score (nSPS) is 12.8. The summed E-state index contributed by atoms with van der Waals surface area (Å²) < 4.78 is 16.8. The molecule has 0 heterocycles. The topological polar surface area (TPSA) is 78.9 Å². The molecule has 0 bridgehead atoms. The lowest BCUT2D eigenvalue weighted by Crippen LogP contribution is -2.30. The molecule has 0 rings (SSSR count). The van der Waals surface area contributed by atoms with Gasteiger partial charge in [0.15, 0.2) is 6.10 Å². The Hall–Kier alpha value is -3.67. The van der Waals surface area contributed by atoms with Crippen molar-refractivity contribution in [1.82, 2.24) is 0 Å². The van der Waals surface area contributed by atoms with Gasteiger partial charge in [-0.05, 0) is 103 Å². The lowest BCUT2D eigenvalue weighted by atomic mass is 10.0. The zero-order chi connectivity index (χ0) is 51.4. The van der Waals surface area contributed by atoms with Crippen molar-refractivity contribution in [1.29, 1.82) is 0 Å². The second-order valence-corrected chi connectivity index (χ2v) is 19.6. The van der Waals surface area contributed by atoms with E-state index in [1.54, 1.807) is 0 Å². The summed E-state index contributed by atoms with van der Waals surface area (Å²) in [7, 11) is 0. The molecular formula is C65H110O6. The van der Waals surface area contributed by atoms with Crippen LogP contribution in [0.1, 0.15) is 278 Å². The van der Waals surface area contributed by atoms with Crippen molar-refractivity contribution in [2.45, 2.75) is 284 Å². The molecule has 0 saturated carbocycles. The van der Waals surface area contributed by atoms with E-state index in [1.807, 2.05) is 0 Å².